The zero-order valence-electron chi connectivity index (χ0n) is 13.4. The van der Waals surface area contributed by atoms with Gasteiger partial charge in [-0.15, -0.1) is 0 Å². The fourth-order valence-electron chi connectivity index (χ4n) is 2.88. The number of nitrogens with zero attached hydrogens (tertiary/aromatic N) is 2. The normalized spacial score (nSPS) is 15.4. The topological polar surface area (TPSA) is 45.2 Å². The standard InChI is InChI=1S/C18H19BrClN3O/c1-12-2-4-16(15(19)10-12)22-18(24)13-6-8-23(9-7-13)17-5-3-14(20)11-21-17/h2-5,10-11,13H,6-9H2,1H3,(H,22,24). The fourth-order valence-corrected chi connectivity index (χ4v) is 3.59. The molecule has 126 valence electrons. The maximum atomic E-state index is 12.5. The van der Waals surface area contributed by atoms with Gasteiger partial charge in [-0.05, 0) is 65.5 Å². The Morgan fingerprint density at radius 2 is 2.04 bits per heavy atom. The molecule has 0 radical (unpaired) electrons. The molecule has 6 heteroatoms. The third-order valence-electron chi connectivity index (χ3n) is 4.28. The highest BCUT2D eigenvalue weighted by molar-refractivity contribution is 9.10. The molecular formula is C18H19BrClN3O. The largest absolute Gasteiger partial charge is 0.357 e. The first-order chi connectivity index (χ1) is 11.5. The number of piperidine rings is 1. The molecule has 0 unspecified atom stereocenters. The number of amides is 1. The molecule has 2 heterocycles. The first kappa shape index (κ1) is 17.2. The number of aromatic nitrogens is 1. The van der Waals surface area contributed by atoms with Crippen LogP contribution >= 0.6 is 27.5 Å². The van der Waals surface area contributed by atoms with Crippen molar-refractivity contribution in [1.82, 2.24) is 4.98 Å². The quantitative estimate of drug-likeness (QED) is 0.803. The van der Waals surface area contributed by atoms with Gasteiger partial charge in [0.15, 0.2) is 0 Å². The second-order valence-electron chi connectivity index (χ2n) is 6.07. The maximum absolute atomic E-state index is 12.5. The van der Waals surface area contributed by atoms with E-state index in [2.05, 4.69) is 31.1 Å². The number of anilines is 2. The van der Waals surface area contributed by atoms with E-state index >= 15 is 0 Å². The van der Waals surface area contributed by atoms with Crippen LogP contribution in [0.25, 0.3) is 0 Å². The number of halogens is 2. The molecule has 1 aromatic carbocycles. The SMILES string of the molecule is Cc1ccc(NC(=O)C2CCN(c3ccc(Cl)cn3)CC2)c(Br)c1. The molecule has 1 aromatic heterocycles. The lowest BCUT2D eigenvalue weighted by Crippen LogP contribution is -2.38. The van der Waals surface area contributed by atoms with Crippen LogP contribution in [0.2, 0.25) is 5.02 Å². The van der Waals surface area contributed by atoms with Crippen molar-refractivity contribution in [2.45, 2.75) is 19.8 Å². The minimum atomic E-state index is 0.0294. The van der Waals surface area contributed by atoms with E-state index in [4.69, 9.17) is 11.6 Å². The zero-order valence-corrected chi connectivity index (χ0v) is 15.8. The van der Waals surface area contributed by atoms with Crippen LogP contribution < -0.4 is 10.2 Å². The molecule has 0 bridgehead atoms. The zero-order chi connectivity index (χ0) is 17.1. The Bertz CT molecular complexity index is 728. The van der Waals surface area contributed by atoms with Crippen molar-refractivity contribution in [2.75, 3.05) is 23.3 Å². The van der Waals surface area contributed by atoms with E-state index in [1.54, 1.807) is 6.20 Å². The number of carbonyl (C=O) groups excluding carboxylic acids is 1. The van der Waals surface area contributed by atoms with Gasteiger partial charge in [0.05, 0.1) is 10.7 Å². The molecule has 0 atom stereocenters. The summed E-state index contributed by atoms with van der Waals surface area (Å²) in [6.45, 7) is 3.67. The molecular weight excluding hydrogens is 390 g/mol. The van der Waals surface area contributed by atoms with E-state index in [1.807, 2.05) is 37.3 Å². The van der Waals surface area contributed by atoms with Crippen LogP contribution in [0.1, 0.15) is 18.4 Å². The van der Waals surface area contributed by atoms with Gasteiger partial charge in [-0.1, -0.05) is 17.7 Å². The van der Waals surface area contributed by atoms with Gasteiger partial charge >= 0.3 is 0 Å². The van der Waals surface area contributed by atoms with E-state index in [1.165, 1.54) is 0 Å². The molecule has 1 fully saturated rings. The molecule has 24 heavy (non-hydrogen) atoms. The third kappa shape index (κ3) is 4.08. The molecule has 1 amide bonds. The molecule has 2 aromatic rings. The lowest BCUT2D eigenvalue weighted by Gasteiger charge is -2.32. The van der Waals surface area contributed by atoms with Gasteiger partial charge in [0, 0.05) is 29.7 Å². The minimum Gasteiger partial charge on any atom is -0.357 e. The Morgan fingerprint density at radius 3 is 2.67 bits per heavy atom. The highest BCUT2D eigenvalue weighted by atomic mass is 79.9. The summed E-state index contributed by atoms with van der Waals surface area (Å²) in [5.74, 6) is 1.03. The van der Waals surface area contributed by atoms with Crippen molar-refractivity contribution in [3.8, 4) is 0 Å². The van der Waals surface area contributed by atoms with Crippen molar-refractivity contribution in [3.63, 3.8) is 0 Å². The van der Waals surface area contributed by atoms with Crippen LogP contribution in [0.4, 0.5) is 11.5 Å². The van der Waals surface area contributed by atoms with Crippen LogP contribution in [0.3, 0.4) is 0 Å². The molecule has 3 rings (SSSR count). The number of aryl methyl sites for hydroxylation is 1. The Kier molecular flexibility index (Phi) is 5.41. The van der Waals surface area contributed by atoms with Gasteiger partial charge in [0.2, 0.25) is 5.91 Å². The molecule has 0 aliphatic carbocycles. The number of benzene rings is 1. The predicted octanol–water partition coefficient (Wildman–Crippen LogP) is 4.66. The van der Waals surface area contributed by atoms with Gasteiger partial charge in [0.1, 0.15) is 5.82 Å². The average Bonchev–Trinajstić information content (AvgIpc) is 2.58. The Hall–Kier alpha value is -1.59. The predicted molar refractivity (Wildman–Crippen MR) is 102 cm³/mol. The molecule has 0 saturated carbocycles. The van der Waals surface area contributed by atoms with Crippen molar-refractivity contribution >= 4 is 44.9 Å². The van der Waals surface area contributed by atoms with Gasteiger partial charge < -0.3 is 10.2 Å². The van der Waals surface area contributed by atoms with Crippen molar-refractivity contribution < 1.29 is 4.79 Å². The number of carbonyl (C=O) groups is 1. The Labute approximate surface area is 155 Å². The van der Waals surface area contributed by atoms with E-state index < -0.39 is 0 Å². The first-order valence-corrected chi connectivity index (χ1v) is 9.13. The monoisotopic (exact) mass is 407 g/mol. The summed E-state index contributed by atoms with van der Waals surface area (Å²) in [6, 6.07) is 9.70. The molecule has 1 aliphatic rings. The summed E-state index contributed by atoms with van der Waals surface area (Å²) in [7, 11) is 0. The Balaban J connectivity index is 1.58. The highest BCUT2D eigenvalue weighted by Crippen LogP contribution is 2.27. The fraction of sp³-hybridized carbons (Fsp3) is 0.333. The summed E-state index contributed by atoms with van der Waals surface area (Å²) >= 11 is 9.38. The van der Waals surface area contributed by atoms with E-state index in [0.717, 1.165) is 47.5 Å². The smallest absolute Gasteiger partial charge is 0.227 e. The summed E-state index contributed by atoms with van der Waals surface area (Å²) in [4.78, 5) is 19.1. The van der Waals surface area contributed by atoms with Crippen LogP contribution in [0.15, 0.2) is 41.0 Å². The molecule has 1 N–H and O–H groups in total. The van der Waals surface area contributed by atoms with Crippen LogP contribution in [0, 0.1) is 12.8 Å². The van der Waals surface area contributed by atoms with Crippen molar-refractivity contribution in [1.29, 1.82) is 0 Å². The number of nitrogens with one attached hydrogen (secondary N) is 1. The lowest BCUT2D eigenvalue weighted by atomic mass is 9.95. The van der Waals surface area contributed by atoms with Gasteiger partial charge in [-0.2, -0.15) is 0 Å². The number of hydrogen-bond acceptors (Lipinski definition) is 3. The number of rotatable bonds is 3. The van der Waals surface area contributed by atoms with Gasteiger partial charge in [-0.3, -0.25) is 4.79 Å². The van der Waals surface area contributed by atoms with E-state index in [-0.39, 0.29) is 11.8 Å². The molecule has 0 spiro atoms. The highest BCUT2D eigenvalue weighted by Gasteiger charge is 2.26. The van der Waals surface area contributed by atoms with E-state index in [9.17, 15) is 4.79 Å². The van der Waals surface area contributed by atoms with Crippen LogP contribution in [0.5, 0.6) is 0 Å². The third-order valence-corrected chi connectivity index (χ3v) is 5.16. The van der Waals surface area contributed by atoms with Crippen LogP contribution in [-0.4, -0.2) is 24.0 Å². The van der Waals surface area contributed by atoms with Gasteiger partial charge in [0.25, 0.3) is 0 Å². The molecule has 1 saturated heterocycles. The van der Waals surface area contributed by atoms with Gasteiger partial charge in [-0.25, -0.2) is 4.98 Å². The van der Waals surface area contributed by atoms with Crippen molar-refractivity contribution in [2.24, 2.45) is 5.92 Å². The average molecular weight is 409 g/mol. The number of hydrogen-bond donors (Lipinski definition) is 1. The minimum absolute atomic E-state index is 0.0294. The summed E-state index contributed by atoms with van der Waals surface area (Å²) < 4.78 is 0.915. The lowest BCUT2D eigenvalue weighted by molar-refractivity contribution is -0.120. The van der Waals surface area contributed by atoms with Crippen LogP contribution in [-0.2, 0) is 4.79 Å². The van der Waals surface area contributed by atoms with E-state index in [0.29, 0.717) is 5.02 Å². The Morgan fingerprint density at radius 1 is 1.29 bits per heavy atom. The molecule has 4 nitrogen and oxygen atoms in total. The summed E-state index contributed by atoms with van der Waals surface area (Å²) in [5, 5.41) is 3.67. The second-order valence-corrected chi connectivity index (χ2v) is 7.36. The summed E-state index contributed by atoms with van der Waals surface area (Å²) in [6.07, 6.45) is 3.30. The number of pyridine rings is 1. The summed E-state index contributed by atoms with van der Waals surface area (Å²) in [5.41, 5.74) is 1.98. The second kappa shape index (κ2) is 7.53. The molecule has 1 aliphatic heterocycles. The maximum Gasteiger partial charge on any atom is 0.227 e. The van der Waals surface area contributed by atoms with Crippen molar-refractivity contribution in [3.05, 3.63) is 51.6 Å². The first-order valence-electron chi connectivity index (χ1n) is 7.96.